The summed E-state index contributed by atoms with van der Waals surface area (Å²) in [6.45, 7) is 0.649. The zero-order chi connectivity index (χ0) is 13.5. The highest BCUT2D eigenvalue weighted by Crippen LogP contribution is 2.42. The molecule has 102 valence electrons. The molecular formula is C13H13N5S2. The topological polar surface area (TPSA) is 69.6 Å². The number of anilines is 1. The summed E-state index contributed by atoms with van der Waals surface area (Å²) in [6.07, 6.45) is 2.38. The van der Waals surface area contributed by atoms with E-state index in [-0.39, 0.29) is 0 Å². The van der Waals surface area contributed by atoms with Crippen molar-refractivity contribution in [2.24, 2.45) is 0 Å². The van der Waals surface area contributed by atoms with Crippen molar-refractivity contribution in [3.05, 3.63) is 33.6 Å². The van der Waals surface area contributed by atoms with Gasteiger partial charge in [-0.1, -0.05) is 5.21 Å². The Morgan fingerprint density at radius 2 is 2.25 bits per heavy atom. The van der Waals surface area contributed by atoms with Gasteiger partial charge in [0.1, 0.15) is 5.01 Å². The first-order chi connectivity index (χ1) is 9.81. The Labute approximate surface area is 124 Å². The van der Waals surface area contributed by atoms with Crippen LogP contribution in [0.15, 0.2) is 22.2 Å². The molecule has 0 aromatic carbocycles. The lowest BCUT2D eigenvalue weighted by Gasteiger charge is -2.03. The second-order valence-electron chi connectivity index (χ2n) is 4.95. The monoisotopic (exact) mass is 303 g/mol. The molecule has 0 bridgehead atoms. The van der Waals surface area contributed by atoms with Crippen LogP contribution < -0.4 is 5.73 Å². The van der Waals surface area contributed by atoms with Crippen molar-refractivity contribution >= 4 is 28.5 Å². The van der Waals surface area contributed by atoms with E-state index >= 15 is 0 Å². The summed E-state index contributed by atoms with van der Waals surface area (Å²) in [5, 5.41) is 15.5. The summed E-state index contributed by atoms with van der Waals surface area (Å²) >= 11 is 3.35. The Hall–Kier alpha value is -1.73. The summed E-state index contributed by atoms with van der Waals surface area (Å²) in [5.41, 5.74) is 9.19. The predicted octanol–water partition coefficient (Wildman–Crippen LogP) is 2.97. The number of rotatable bonds is 4. The van der Waals surface area contributed by atoms with E-state index in [0.29, 0.717) is 18.3 Å². The Morgan fingerprint density at radius 3 is 3.00 bits per heavy atom. The largest absolute Gasteiger partial charge is 0.381 e. The van der Waals surface area contributed by atoms with Crippen LogP contribution in [-0.4, -0.2) is 20.0 Å². The fraction of sp³-hybridized carbons (Fsp3) is 0.308. The van der Waals surface area contributed by atoms with E-state index in [4.69, 9.17) is 5.73 Å². The van der Waals surface area contributed by atoms with E-state index in [1.54, 1.807) is 22.7 Å². The molecule has 1 saturated carbocycles. The quantitative estimate of drug-likeness (QED) is 0.804. The van der Waals surface area contributed by atoms with Gasteiger partial charge >= 0.3 is 0 Å². The number of hydrogen-bond acceptors (Lipinski definition) is 6. The highest BCUT2D eigenvalue weighted by atomic mass is 32.1. The van der Waals surface area contributed by atoms with Gasteiger partial charge in [0.25, 0.3) is 0 Å². The van der Waals surface area contributed by atoms with Crippen LogP contribution in [0.3, 0.4) is 0 Å². The summed E-state index contributed by atoms with van der Waals surface area (Å²) in [7, 11) is 0. The molecule has 0 saturated heterocycles. The molecule has 1 aliphatic rings. The first-order valence-corrected chi connectivity index (χ1v) is 8.29. The second kappa shape index (κ2) is 4.68. The summed E-state index contributed by atoms with van der Waals surface area (Å²) in [4.78, 5) is 4.67. The fourth-order valence-electron chi connectivity index (χ4n) is 2.28. The first kappa shape index (κ1) is 12.0. The van der Waals surface area contributed by atoms with E-state index in [0.717, 1.165) is 16.4 Å². The fourth-order valence-corrected chi connectivity index (χ4v) is 3.80. The lowest BCUT2D eigenvalue weighted by molar-refractivity contribution is 0.612. The van der Waals surface area contributed by atoms with Crippen molar-refractivity contribution in [1.29, 1.82) is 0 Å². The van der Waals surface area contributed by atoms with Gasteiger partial charge in [-0.15, -0.1) is 16.4 Å². The maximum atomic E-state index is 5.91. The van der Waals surface area contributed by atoms with Gasteiger partial charge in [-0.3, -0.25) is 0 Å². The third kappa shape index (κ3) is 2.12. The van der Waals surface area contributed by atoms with Gasteiger partial charge < -0.3 is 5.73 Å². The van der Waals surface area contributed by atoms with Gasteiger partial charge in [-0.2, -0.15) is 11.3 Å². The van der Waals surface area contributed by atoms with Crippen LogP contribution in [0.25, 0.3) is 10.6 Å². The Morgan fingerprint density at radius 1 is 1.35 bits per heavy atom. The number of nitrogens with two attached hydrogens (primary N) is 1. The van der Waals surface area contributed by atoms with Gasteiger partial charge in [-0.05, 0) is 24.3 Å². The molecule has 4 rings (SSSR count). The van der Waals surface area contributed by atoms with E-state index in [1.807, 2.05) is 4.68 Å². The van der Waals surface area contributed by atoms with E-state index in [9.17, 15) is 0 Å². The summed E-state index contributed by atoms with van der Waals surface area (Å²) < 4.78 is 1.90. The van der Waals surface area contributed by atoms with Gasteiger partial charge in [0.05, 0.1) is 17.9 Å². The highest BCUT2D eigenvalue weighted by molar-refractivity contribution is 7.14. The second-order valence-corrected chi connectivity index (χ2v) is 6.59. The van der Waals surface area contributed by atoms with Gasteiger partial charge in [-0.25, -0.2) is 9.67 Å². The molecule has 0 aliphatic heterocycles. The number of hydrogen-bond donors (Lipinski definition) is 1. The van der Waals surface area contributed by atoms with Crippen LogP contribution >= 0.6 is 22.7 Å². The average Bonchev–Trinajstić information content (AvgIpc) is 2.88. The van der Waals surface area contributed by atoms with Crippen molar-refractivity contribution in [1.82, 2.24) is 20.0 Å². The van der Waals surface area contributed by atoms with Crippen molar-refractivity contribution < 1.29 is 0 Å². The SMILES string of the molecule is Nc1nnn(Cc2csc(-c3ccsc3)n2)c1C1CC1. The molecule has 20 heavy (non-hydrogen) atoms. The minimum Gasteiger partial charge on any atom is -0.381 e. The molecule has 0 radical (unpaired) electrons. The molecular weight excluding hydrogens is 290 g/mol. The normalized spacial score (nSPS) is 14.8. The van der Waals surface area contributed by atoms with E-state index in [2.05, 4.69) is 37.5 Å². The zero-order valence-electron chi connectivity index (χ0n) is 10.7. The molecule has 3 aromatic rings. The van der Waals surface area contributed by atoms with Crippen LogP contribution in [0, 0.1) is 0 Å². The molecule has 7 heteroatoms. The molecule has 0 spiro atoms. The van der Waals surface area contributed by atoms with Gasteiger partial charge in [0, 0.05) is 22.2 Å². The molecule has 0 unspecified atom stereocenters. The highest BCUT2D eigenvalue weighted by Gasteiger charge is 2.30. The molecule has 0 atom stereocenters. The Bertz CT molecular complexity index is 724. The Balaban J connectivity index is 1.60. The molecule has 1 fully saturated rings. The minimum atomic E-state index is 0.542. The van der Waals surface area contributed by atoms with Crippen molar-refractivity contribution in [3.8, 4) is 10.6 Å². The smallest absolute Gasteiger partial charge is 0.169 e. The van der Waals surface area contributed by atoms with Crippen molar-refractivity contribution in [3.63, 3.8) is 0 Å². The van der Waals surface area contributed by atoms with Crippen LogP contribution in [0.5, 0.6) is 0 Å². The molecule has 3 heterocycles. The molecule has 1 aliphatic carbocycles. The van der Waals surface area contributed by atoms with Gasteiger partial charge in [0.2, 0.25) is 0 Å². The zero-order valence-corrected chi connectivity index (χ0v) is 12.3. The third-order valence-electron chi connectivity index (χ3n) is 3.40. The van der Waals surface area contributed by atoms with E-state index < -0.39 is 0 Å². The standard InChI is InChI=1S/C13H13N5S2/c14-12-11(8-1-2-8)18(17-16-12)5-10-7-20-13(15-10)9-3-4-19-6-9/h3-4,6-8H,1-2,5,14H2. The molecule has 3 aromatic heterocycles. The van der Waals surface area contributed by atoms with Crippen molar-refractivity contribution in [2.45, 2.75) is 25.3 Å². The summed E-state index contributed by atoms with van der Waals surface area (Å²) in [5.74, 6) is 1.11. The molecule has 2 N–H and O–H groups in total. The predicted molar refractivity (Wildman–Crippen MR) is 80.9 cm³/mol. The van der Waals surface area contributed by atoms with Crippen LogP contribution in [0.1, 0.15) is 30.1 Å². The summed E-state index contributed by atoms with van der Waals surface area (Å²) in [6, 6.07) is 2.09. The number of thiophene rings is 1. The number of aromatic nitrogens is 4. The first-order valence-electron chi connectivity index (χ1n) is 6.47. The number of thiazole rings is 1. The number of nitrogens with zero attached hydrogens (tertiary/aromatic N) is 4. The lowest BCUT2D eigenvalue weighted by Crippen LogP contribution is -2.07. The van der Waals surface area contributed by atoms with E-state index in [1.165, 1.54) is 18.4 Å². The molecule has 0 amide bonds. The molecule has 5 nitrogen and oxygen atoms in total. The maximum Gasteiger partial charge on any atom is 0.169 e. The third-order valence-corrected chi connectivity index (χ3v) is 5.02. The lowest BCUT2D eigenvalue weighted by atomic mass is 10.3. The Kier molecular flexibility index (Phi) is 2.82. The van der Waals surface area contributed by atoms with Crippen LogP contribution in [0.4, 0.5) is 5.82 Å². The van der Waals surface area contributed by atoms with Crippen LogP contribution in [-0.2, 0) is 6.54 Å². The minimum absolute atomic E-state index is 0.542. The van der Waals surface area contributed by atoms with Gasteiger partial charge in [0.15, 0.2) is 5.82 Å². The van der Waals surface area contributed by atoms with Crippen molar-refractivity contribution in [2.75, 3.05) is 5.73 Å². The number of nitrogen functional groups attached to an aromatic ring is 1. The van der Waals surface area contributed by atoms with Crippen LogP contribution in [0.2, 0.25) is 0 Å². The maximum absolute atomic E-state index is 5.91. The average molecular weight is 303 g/mol.